The molecule has 0 aliphatic heterocycles. The first-order valence-corrected chi connectivity index (χ1v) is 14.4. The number of benzene rings is 3. The van der Waals surface area contributed by atoms with Crippen molar-refractivity contribution in [1.82, 2.24) is 0 Å². The molecule has 2 heteroatoms. The quantitative estimate of drug-likeness (QED) is 0.219. The number of aryl methyl sites for hydroxylation is 2. The second-order valence-corrected chi connectivity index (χ2v) is 13.3. The number of aromatic nitrogens is 1. The summed E-state index contributed by atoms with van der Waals surface area (Å²) < 4.78 is 18.2. The molecule has 2 heterocycles. The standard InChI is InChI=1S/C36H40NO/c1-22-11-13-26-28-19-25-12-14-29-33(36(4,5)17-16-35(29,2)3)27(25)21-31(28)38-34(26)32(22)30-20-24(15-18-37(30)6)23-9-7-8-10-23/h11-15,18-21,23H,7-10,16-17H2,1-6H3/q+1/i23D. The molecular weight excluding hydrogens is 462 g/mol. The molecule has 1 saturated carbocycles. The van der Waals surface area contributed by atoms with Crippen molar-refractivity contribution >= 4 is 32.7 Å². The van der Waals surface area contributed by atoms with Gasteiger partial charge in [-0.25, -0.2) is 4.57 Å². The van der Waals surface area contributed by atoms with Crippen molar-refractivity contribution in [1.29, 1.82) is 0 Å². The molecule has 2 aliphatic rings. The Morgan fingerprint density at radius 3 is 2.42 bits per heavy atom. The number of rotatable bonds is 2. The average Bonchev–Trinajstić information content (AvgIpc) is 3.49. The Kier molecular flexibility index (Phi) is 4.91. The zero-order valence-electron chi connectivity index (χ0n) is 24.8. The van der Waals surface area contributed by atoms with E-state index >= 15 is 0 Å². The van der Waals surface area contributed by atoms with E-state index < -0.39 is 5.89 Å². The topological polar surface area (TPSA) is 17.0 Å². The number of pyridine rings is 1. The van der Waals surface area contributed by atoms with Crippen LogP contribution in [0.4, 0.5) is 0 Å². The van der Waals surface area contributed by atoms with Gasteiger partial charge in [-0.3, -0.25) is 0 Å². The van der Waals surface area contributed by atoms with Crippen LogP contribution in [-0.2, 0) is 17.9 Å². The van der Waals surface area contributed by atoms with Crippen LogP contribution in [0.1, 0.15) is 95.7 Å². The van der Waals surface area contributed by atoms with Crippen molar-refractivity contribution < 1.29 is 10.4 Å². The minimum absolute atomic E-state index is 0.131. The molecule has 2 nitrogen and oxygen atoms in total. The molecule has 7 rings (SSSR count). The predicted octanol–water partition coefficient (Wildman–Crippen LogP) is 9.55. The Balaban J connectivity index is 1.50. The highest BCUT2D eigenvalue weighted by molar-refractivity contribution is 6.14. The van der Waals surface area contributed by atoms with Crippen LogP contribution >= 0.6 is 0 Å². The molecule has 2 aromatic heterocycles. The zero-order valence-corrected chi connectivity index (χ0v) is 23.8. The second-order valence-electron chi connectivity index (χ2n) is 13.3. The minimum Gasteiger partial charge on any atom is -0.455 e. The van der Waals surface area contributed by atoms with Crippen molar-refractivity contribution in [3.8, 4) is 11.3 Å². The van der Waals surface area contributed by atoms with Crippen LogP contribution in [0.5, 0.6) is 0 Å². The third-order valence-corrected chi connectivity index (χ3v) is 9.79. The third-order valence-electron chi connectivity index (χ3n) is 9.79. The third kappa shape index (κ3) is 3.49. The molecule has 3 aromatic carbocycles. The fraction of sp³-hybridized carbons (Fsp3) is 0.417. The van der Waals surface area contributed by atoms with Crippen LogP contribution in [0.2, 0.25) is 0 Å². The molecule has 0 spiro atoms. The number of nitrogens with zero attached hydrogens (tertiary/aromatic N) is 1. The van der Waals surface area contributed by atoms with Gasteiger partial charge in [0.15, 0.2) is 6.20 Å². The lowest BCUT2D eigenvalue weighted by Gasteiger charge is -2.42. The largest absolute Gasteiger partial charge is 0.455 e. The Labute approximate surface area is 228 Å². The van der Waals surface area contributed by atoms with Crippen LogP contribution in [0.15, 0.2) is 59.1 Å². The summed E-state index contributed by atoms with van der Waals surface area (Å²) in [6.07, 6.45) is 8.70. The van der Waals surface area contributed by atoms with Gasteiger partial charge in [-0.15, -0.1) is 0 Å². The van der Waals surface area contributed by atoms with E-state index in [1.54, 1.807) is 0 Å². The van der Waals surface area contributed by atoms with Gasteiger partial charge in [0.2, 0.25) is 5.69 Å². The van der Waals surface area contributed by atoms with E-state index in [-0.39, 0.29) is 10.8 Å². The summed E-state index contributed by atoms with van der Waals surface area (Å²) in [4.78, 5) is 0. The van der Waals surface area contributed by atoms with Gasteiger partial charge in [0.1, 0.15) is 18.2 Å². The maximum Gasteiger partial charge on any atom is 0.216 e. The summed E-state index contributed by atoms with van der Waals surface area (Å²) in [7, 11) is 2.11. The minimum atomic E-state index is -0.476. The van der Waals surface area contributed by atoms with Crippen molar-refractivity contribution in [2.45, 2.75) is 89.9 Å². The summed E-state index contributed by atoms with van der Waals surface area (Å²) >= 11 is 0. The SMILES string of the molecule is [2H]C1(c2cc[n+](C)c(-c3c(C)ccc4c3oc3cc5c6c(ccc5cc34)C(C)(C)CCC6(C)C)c2)CCCC1. The molecule has 0 saturated heterocycles. The van der Waals surface area contributed by atoms with Crippen LogP contribution in [0, 0.1) is 6.92 Å². The molecule has 2 aliphatic carbocycles. The average molecular weight is 504 g/mol. The Bertz CT molecular complexity index is 1800. The smallest absolute Gasteiger partial charge is 0.216 e. The monoisotopic (exact) mass is 503 g/mol. The van der Waals surface area contributed by atoms with Crippen LogP contribution in [0.3, 0.4) is 0 Å². The van der Waals surface area contributed by atoms with Crippen molar-refractivity contribution in [2.24, 2.45) is 7.05 Å². The molecule has 0 atom stereocenters. The Morgan fingerprint density at radius 1 is 0.868 bits per heavy atom. The molecule has 0 amide bonds. The first kappa shape index (κ1) is 22.8. The number of hydrogen-bond acceptors (Lipinski definition) is 1. The first-order chi connectivity index (χ1) is 18.5. The lowest BCUT2D eigenvalue weighted by Crippen LogP contribution is -2.34. The van der Waals surface area contributed by atoms with E-state index in [4.69, 9.17) is 5.79 Å². The molecule has 0 bridgehead atoms. The van der Waals surface area contributed by atoms with E-state index in [9.17, 15) is 0 Å². The number of hydrogen-bond donors (Lipinski definition) is 0. The first-order valence-electron chi connectivity index (χ1n) is 14.9. The summed E-state index contributed by atoms with van der Waals surface area (Å²) in [6, 6.07) is 18.2. The van der Waals surface area contributed by atoms with Crippen LogP contribution < -0.4 is 4.57 Å². The van der Waals surface area contributed by atoms with Gasteiger partial charge >= 0.3 is 0 Å². The summed E-state index contributed by atoms with van der Waals surface area (Å²) in [5.74, 6) is -0.476. The molecule has 0 unspecified atom stereocenters. The highest BCUT2D eigenvalue weighted by Crippen LogP contribution is 2.49. The highest BCUT2D eigenvalue weighted by atomic mass is 16.3. The van der Waals surface area contributed by atoms with E-state index in [1.165, 1.54) is 45.7 Å². The second kappa shape index (κ2) is 8.18. The van der Waals surface area contributed by atoms with Crippen LogP contribution in [-0.4, -0.2) is 0 Å². The molecule has 0 radical (unpaired) electrons. The van der Waals surface area contributed by atoms with E-state index in [1.807, 2.05) is 0 Å². The van der Waals surface area contributed by atoms with Gasteiger partial charge in [-0.1, -0.05) is 64.8 Å². The van der Waals surface area contributed by atoms with Gasteiger partial charge in [0.05, 0.1) is 5.56 Å². The lowest BCUT2D eigenvalue weighted by molar-refractivity contribution is -0.660. The number of fused-ring (bicyclic) bond motifs is 6. The molecule has 0 N–H and O–H groups in total. The van der Waals surface area contributed by atoms with Crippen molar-refractivity contribution in [3.05, 3.63) is 77.0 Å². The zero-order chi connectivity index (χ0) is 27.3. The van der Waals surface area contributed by atoms with Crippen molar-refractivity contribution in [2.75, 3.05) is 0 Å². The normalized spacial score (nSPS) is 20.2. The Hall–Kier alpha value is -3.13. The summed E-state index contributed by atoms with van der Waals surface area (Å²) in [5.41, 5.74) is 9.79. The Morgan fingerprint density at radius 2 is 1.63 bits per heavy atom. The van der Waals surface area contributed by atoms with E-state index in [0.29, 0.717) is 0 Å². The lowest BCUT2D eigenvalue weighted by atomic mass is 9.62. The van der Waals surface area contributed by atoms with Crippen molar-refractivity contribution in [3.63, 3.8) is 0 Å². The van der Waals surface area contributed by atoms with E-state index in [2.05, 4.69) is 101 Å². The molecule has 194 valence electrons. The van der Waals surface area contributed by atoms with Gasteiger partial charge in [-0.05, 0) is 94.5 Å². The number of furan rings is 1. The maximum absolute atomic E-state index is 9.14. The molecule has 5 aromatic rings. The fourth-order valence-corrected chi connectivity index (χ4v) is 7.38. The fourth-order valence-electron chi connectivity index (χ4n) is 7.38. The van der Waals surface area contributed by atoms with Gasteiger partial charge in [0, 0.05) is 24.3 Å². The van der Waals surface area contributed by atoms with Gasteiger partial charge < -0.3 is 4.42 Å². The summed E-state index contributed by atoms with van der Waals surface area (Å²) in [5, 5.41) is 4.97. The maximum atomic E-state index is 9.14. The molecule has 1 fully saturated rings. The molecular formula is C36H40NO+. The molecule has 38 heavy (non-hydrogen) atoms. The highest BCUT2D eigenvalue weighted by Gasteiger charge is 2.38. The van der Waals surface area contributed by atoms with Gasteiger partial charge in [0.25, 0.3) is 0 Å². The summed E-state index contributed by atoms with van der Waals surface area (Å²) in [6.45, 7) is 11.8. The van der Waals surface area contributed by atoms with Gasteiger partial charge in [-0.2, -0.15) is 0 Å². The van der Waals surface area contributed by atoms with E-state index in [0.717, 1.165) is 59.1 Å². The van der Waals surface area contributed by atoms with Crippen LogP contribution in [0.25, 0.3) is 44.0 Å². The predicted molar refractivity (Wildman–Crippen MR) is 159 cm³/mol.